The maximum atomic E-state index is 12.1. The van der Waals surface area contributed by atoms with Crippen LogP contribution in [-0.4, -0.2) is 33.3 Å². The maximum absolute atomic E-state index is 12.1. The molecule has 0 saturated heterocycles. The molecule has 6 nitrogen and oxygen atoms in total. The number of hydrogen-bond donors (Lipinski definition) is 2. The van der Waals surface area contributed by atoms with Crippen molar-refractivity contribution in [3.05, 3.63) is 47.2 Å². The summed E-state index contributed by atoms with van der Waals surface area (Å²) in [6, 6.07) is 11.7. The Labute approximate surface area is 177 Å². The van der Waals surface area contributed by atoms with E-state index in [1.54, 1.807) is 11.3 Å². The van der Waals surface area contributed by atoms with Crippen LogP contribution in [0.5, 0.6) is 0 Å². The normalized spacial score (nSPS) is 10.9. The van der Waals surface area contributed by atoms with Crippen LogP contribution in [0.15, 0.2) is 47.2 Å². The minimum atomic E-state index is -0.176. The second kappa shape index (κ2) is 8.82. The van der Waals surface area contributed by atoms with Gasteiger partial charge in [-0.1, -0.05) is 29.5 Å². The van der Waals surface area contributed by atoms with Crippen LogP contribution in [0.25, 0.3) is 20.8 Å². The lowest BCUT2D eigenvalue weighted by molar-refractivity contribution is -0.114. The lowest BCUT2D eigenvalue weighted by Crippen LogP contribution is -2.18. The number of anilines is 2. The molecule has 0 fully saturated rings. The zero-order valence-corrected chi connectivity index (χ0v) is 17.6. The molecule has 10 heteroatoms. The highest BCUT2D eigenvalue weighted by molar-refractivity contribution is 8.00. The van der Waals surface area contributed by atoms with Crippen LogP contribution in [0.4, 0.5) is 10.3 Å². The molecule has 4 rings (SSSR count). The van der Waals surface area contributed by atoms with E-state index in [2.05, 4.69) is 20.6 Å². The van der Waals surface area contributed by atoms with E-state index in [0.29, 0.717) is 10.3 Å². The SMILES string of the molecule is O=C(CSCC(=O)Nc1nc2ccccc2s1)Nc1nc(-c2cccs2)cs1. The van der Waals surface area contributed by atoms with Crippen LogP contribution < -0.4 is 10.6 Å². The van der Waals surface area contributed by atoms with Gasteiger partial charge >= 0.3 is 0 Å². The highest BCUT2D eigenvalue weighted by Crippen LogP contribution is 2.28. The number of nitrogens with one attached hydrogen (secondary N) is 2. The fourth-order valence-corrected chi connectivity index (χ4v) is 5.33. The van der Waals surface area contributed by atoms with Crippen molar-refractivity contribution in [1.82, 2.24) is 9.97 Å². The van der Waals surface area contributed by atoms with Crippen molar-refractivity contribution in [3.8, 4) is 10.6 Å². The number of fused-ring (bicyclic) bond motifs is 1. The van der Waals surface area contributed by atoms with Crippen LogP contribution in [0, 0.1) is 0 Å². The van der Waals surface area contributed by atoms with Gasteiger partial charge in [-0.05, 0) is 23.6 Å². The standard InChI is InChI=1S/C18H14N4O2S4/c23-15(21-17-20-12(8-27-17)13-6-3-7-26-13)9-25-10-16(24)22-18-19-11-4-1-2-5-14(11)28-18/h1-8H,9-10H2,(H,19,22,24)(H,20,21,23). The van der Waals surface area contributed by atoms with E-state index in [1.807, 2.05) is 47.2 Å². The van der Waals surface area contributed by atoms with E-state index in [1.165, 1.54) is 34.4 Å². The van der Waals surface area contributed by atoms with Gasteiger partial charge in [-0.2, -0.15) is 0 Å². The minimum Gasteiger partial charge on any atom is -0.301 e. The van der Waals surface area contributed by atoms with E-state index in [-0.39, 0.29) is 23.3 Å². The highest BCUT2D eigenvalue weighted by atomic mass is 32.2. The Morgan fingerprint density at radius 3 is 2.46 bits per heavy atom. The summed E-state index contributed by atoms with van der Waals surface area (Å²) in [6.07, 6.45) is 0. The summed E-state index contributed by atoms with van der Waals surface area (Å²) in [6.45, 7) is 0. The third-order valence-corrected chi connectivity index (χ3v) is 7.07. The first-order chi connectivity index (χ1) is 13.7. The Hall–Kier alpha value is -2.27. The number of hydrogen-bond acceptors (Lipinski definition) is 8. The van der Waals surface area contributed by atoms with Crippen molar-refractivity contribution in [2.45, 2.75) is 0 Å². The van der Waals surface area contributed by atoms with E-state index in [9.17, 15) is 9.59 Å². The molecule has 2 amide bonds. The molecular formula is C18H14N4O2S4. The largest absolute Gasteiger partial charge is 0.301 e. The number of amides is 2. The molecule has 0 atom stereocenters. The molecule has 3 heterocycles. The number of rotatable bonds is 7. The monoisotopic (exact) mass is 446 g/mol. The van der Waals surface area contributed by atoms with Crippen LogP contribution in [-0.2, 0) is 9.59 Å². The fraction of sp³-hybridized carbons (Fsp3) is 0.111. The molecule has 3 aromatic heterocycles. The van der Waals surface area contributed by atoms with Gasteiger partial charge in [0.2, 0.25) is 11.8 Å². The summed E-state index contributed by atoms with van der Waals surface area (Å²) >= 11 is 5.68. The molecule has 1 aromatic carbocycles. The van der Waals surface area contributed by atoms with Gasteiger partial charge in [0.25, 0.3) is 0 Å². The summed E-state index contributed by atoms with van der Waals surface area (Å²) in [7, 11) is 0. The zero-order chi connectivity index (χ0) is 19.3. The quantitative estimate of drug-likeness (QED) is 0.426. The first-order valence-corrected chi connectivity index (χ1v) is 11.9. The molecule has 0 radical (unpaired) electrons. The Balaban J connectivity index is 1.22. The summed E-state index contributed by atoms with van der Waals surface area (Å²) in [5, 5.41) is 10.6. The highest BCUT2D eigenvalue weighted by Gasteiger charge is 2.11. The number of nitrogens with zero attached hydrogens (tertiary/aromatic N) is 2. The van der Waals surface area contributed by atoms with Crippen LogP contribution in [0.3, 0.4) is 0 Å². The molecule has 0 aliphatic heterocycles. The molecule has 28 heavy (non-hydrogen) atoms. The van der Waals surface area contributed by atoms with Crippen LogP contribution in [0.2, 0.25) is 0 Å². The number of carbonyl (C=O) groups is 2. The Kier molecular flexibility index (Phi) is 6.01. The van der Waals surface area contributed by atoms with Gasteiger partial charge in [0.1, 0.15) is 0 Å². The molecular weight excluding hydrogens is 432 g/mol. The average Bonchev–Trinajstić information content (AvgIpc) is 3.41. The fourth-order valence-electron chi connectivity index (χ4n) is 2.34. The van der Waals surface area contributed by atoms with Gasteiger partial charge in [0.15, 0.2) is 10.3 Å². The summed E-state index contributed by atoms with van der Waals surface area (Å²) in [5.41, 5.74) is 1.72. The third-order valence-electron chi connectivity index (χ3n) is 3.53. The number of thiophene rings is 1. The van der Waals surface area contributed by atoms with Gasteiger partial charge < -0.3 is 10.6 Å². The van der Waals surface area contributed by atoms with E-state index in [0.717, 1.165) is 20.8 Å². The number of para-hydroxylation sites is 1. The lowest BCUT2D eigenvalue weighted by atomic mass is 10.3. The topological polar surface area (TPSA) is 84.0 Å². The van der Waals surface area contributed by atoms with Crippen molar-refractivity contribution in [2.24, 2.45) is 0 Å². The van der Waals surface area contributed by atoms with E-state index < -0.39 is 0 Å². The van der Waals surface area contributed by atoms with Crippen molar-refractivity contribution in [2.75, 3.05) is 22.1 Å². The summed E-state index contributed by atoms with van der Waals surface area (Å²) in [4.78, 5) is 34.0. The average molecular weight is 447 g/mol. The third kappa shape index (κ3) is 4.76. The van der Waals surface area contributed by atoms with Gasteiger partial charge in [-0.25, -0.2) is 9.97 Å². The second-order valence-corrected chi connectivity index (χ2v) is 9.41. The zero-order valence-electron chi connectivity index (χ0n) is 14.4. The van der Waals surface area contributed by atoms with Gasteiger partial charge in [-0.15, -0.1) is 34.4 Å². The minimum absolute atomic E-state index is 0.175. The van der Waals surface area contributed by atoms with Gasteiger partial charge in [-0.3, -0.25) is 9.59 Å². The molecule has 142 valence electrons. The van der Waals surface area contributed by atoms with Crippen molar-refractivity contribution >= 4 is 78.1 Å². The lowest BCUT2D eigenvalue weighted by Gasteiger charge is -2.02. The number of thiazole rings is 2. The maximum Gasteiger partial charge on any atom is 0.236 e. The number of benzene rings is 1. The molecule has 0 aliphatic rings. The predicted octanol–water partition coefficient (Wildman–Crippen LogP) is 4.79. The first kappa shape index (κ1) is 19.1. The Bertz CT molecular complexity index is 1070. The van der Waals surface area contributed by atoms with Crippen molar-refractivity contribution in [3.63, 3.8) is 0 Å². The predicted molar refractivity (Wildman–Crippen MR) is 120 cm³/mol. The molecule has 2 N–H and O–H groups in total. The molecule has 0 spiro atoms. The molecule has 4 aromatic rings. The number of aromatic nitrogens is 2. The molecule has 0 unspecified atom stereocenters. The van der Waals surface area contributed by atoms with Crippen LogP contribution in [0.1, 0.15) is 0 Å². The van der Waals surface area contributed by atoms with Gasteiger partial charge in [0.05, 0.1) is 32.3 Å². The Morgan fingerprint density at radius 2 is 1.71 bits per heavy atom. The summed E-state index contributed by atoms with van der Waals surface area (Å²) < 4.78 is 1.02. The van der Waals surface area contributed by atoms with Crippen LogP contribution >= 0.6 is 45.8 Å². The molecule has 0 aliphatic carbocycles. The van der Waals surface area contributed by atoms with Gasteiger partial charge in [0, 0.05) is 5.38 Å². The van der Waals surface area contributed by atoms with Crippen molar-refractivity contribution < 1.29 is 9.59 Å². The number of carbonyl (C=O) groups excluding carboxylic acids is 2. The molecule has 0 saturated carbocycles. The van der Waals surface area contributed by atoms with E-state index >= 15 is 0 Å². The summed E-state index contributed by atoms with van der Waals surface area (Å²) in [5.74, 6) is 0.0130. The Morgan fingerprint density at radius 1 is 0.929 bits per heavy atom. The first-order valence-electron chi connectivity index (χ1n) is 8.20. The smallest absolute Gasteiger partial charge is 0.236 e. The second-order valence-electron chi connectivity index (χ2n) is 5.59. The molecule has 0 bridgehead atoms. The number of thioether (sulfide) groups is 1. The van der Waals surface area contributed by atoms with E-state index in [4.69, 9.17) is 0 Å². The van der Waals surface area contributed by atoms with Crippen molar-refractivity contribution in [1.29, 1.82) is 0 Å².